The van der Waals surface area contributed by atoms with Gasteiger partial charge in [0.15, 0.2) is 0 Å². The molecule has 0 radical (unpaired) electrons. The van der Waals surface area contributed by atoms with E-state index >= 15 is 0 Å². The maximum Gasteiger partial charge on any atom is 0.343 e. The Bertz CT molecular complexity index is 843. The molecule has 1 aromatic carbocycles. The third-order valence-corrected chi connectivity index (χ3v) is 3.05. The predicted octanol–water partition coefficient (Wildman–Crippen LogP) is 3.14. The van der Waals surface area contributed by atoms with Crippen LogP contribution in [-0.2, 0) is 4.79 Å². The van der Waals surface area contributed by atoms with Crippen molar-refractivity contribution in [3.05, 3.63) is 82.9 Å². The fraction of sp³-hybridized carbons (Fsp3) is 0. The Hall–Kier alpha value is -3.34. The van der Waals surface area contributed by atoms with Crippen LogP contribution in [0.4, 0.5) is 0 Å². The number of hydrogen-bond acceptors (Lipinski definition) is 5. The highest BCUT2D eigenvalue weighted by molar-refractivity contribution is 5.82. The van der Waals surface area contributed by atoms with E-state index < -0.39 is 5.63 Å². The van der Waals surface area contributed by atoms with E-state index in [1.165, 1.54) is 24.5 Å². The molecule has 2 rings (SSSR count). The molecule has 0 unspecified atom stereocenters. The van der Waals surface area contributed by atoms with Crippen molar-refractivity contribution in [2.24, 2.45) is 0 Å². The molecule has 0 fully saturated rings. The van der Waals surface area contributed by atoms with Crippen LogP contribution < -0.4 is 10.4 Å². The van der Waals surface area contributed by atoms with Crippen molar-refractivity contribution in [1.29, 1.82) is 0 Å². The van der Waals surface area contributed by atoms with Crippen molar-refractivity contribution in [2.75, 3.05) is 0 Å². The van der Waals surface area contributed by atoms with E-state index in [2.05, 4.69) is 13.2 Å². The number of ether oxygens (including phenoxy) is 1. The summed E-state index contributed by atoms with van der Waals surface area (Å²) < 4.78 is 9.83. The molecule has 0 aliphatic heterocycles. The van der Waals surface area contributed by atoms with Crippen LogP contribution in [0, 0.1) is 0 Å². The molecule has 0 saturated carbocycles. The first-order chi connectivity index (χ1) is 11.1. The quantitative estimate of drug-likeness (QED) is 0.655. The van der Waals surface area contributed by atoms with Gasteiger partial charge in [0.2, 0.25) is 0 Å². The van der Waals surface area contributed by atoms with Gasteiger partial charge in [0, 0.05) is 17.2 Å². The van der Waals surface area contributed by atoms with E-state index in [-0.39, 0.29) is 23.5 Å². The summed E-state index contributed by atoms with van der Waals surface area (Å²) >= 11 is 0. The standard InChI is InChI=1S/C18H14O5/c1-3-4-5-13-8-16(18(21)22-10-13)12(2)15-7-6-14(20)9-17(15)23-11-19/h3-11,20H,1-2H2/b5-4-. The van der Waals surface area contributed by atoms with Gasteiger partial charge in [-0.25, -0.2) is 4.79 Å². The molecule has 1 heterocycles. The zero-order chi connectivity index (χ0) is 16.8. The average Bonchev–Trinajstić information content (AvgIpc) is 2.54. The molecule has 23 heavy (non-hydrogen) atoms. The number of carbonyl (C=O) groups is 1. The van der Waals surface area contributed by atoms with Crippen molar-refractivity contribution >= 4 is 18.1 Å². The lowest BCUT2D eigenvalue weighted by Crippen LogP contribution is -2.07. The number of benzene rings is 1. The molecule has 5 nitrogen and oxygen atoms in total. The highest BCUT2D eigenvalue weighted by Gasteiger charge is 2.14. The lowest BCUT2D eigenvalue weighted by atomic mass is 9.99. The second-order valence-electron chi connectivity index (χ2n) is 4.55. The molecule has 0 saturated heterocycles. The molecule has 0 bridgehead atoms. The van der Waals surface area contributed by atoms with E-state index in [1.54, 1.807) is 24.3 Å². The first-order valence-electron chi connectivity index (χ1n) is 6.61. The summed E-state index contributed by atoms with van der Waals surface area (Å²) in [7, 11) is 0. The van der Waals surface area contributed by atoms with Crippen molar-refractivity contribution < 1.29 is 19.1 Å². The first kappa shape index (κ1) is 16.0. The van der Waals surface area contributed by atoms with E-state index in [1.807, 2.05) is 0 Å². The second kappa shape index (κ2) is 7.09. The molecule has 0 spiro atoms. The topological polar surface area (TPSA) is 76.7 Å². The molecule has 5 heteroatoms. The highest BCUT2D eigenvalue weighted by Crippen LogP contribution is 2.31. The summed E-state index contributed by atoms with van der Waals surface area (Å²) in [4.78, 5) is 22.6. The molecule has 1 aromatic heterocycles. The van der Waals surface area contributed by atoms with Gasteiger partial charge >= 0.3 is 5.63 Å². The van der Waals surface area contributed by atoms with E-state index in [0.29, 0.717) is 16.7 Å². The molecule has 2 aromatic rings. The zero-order valence-corrected chi connectivity index (χ0v) is 12.2. The molecule has 0 atom stereocenters. The van der Waals surface area contributed by atoms with Gasteiger partial charge in [-0.05, 0) is 23.8 Å². The first-order valence-corrected chi connectivity index (χ1v) is 6.61. The third kappa shape index (κ3) is 3.65. The highest BCUT2D eigenvalue weighted by atomic mass is 16.5. The minimum Gasteiger partial charge on any atom is -0.508 e. The summed E-state index contributed by atoms with van der Waals surface area (Å²) in [6, 6.07) is 5.77. The lowest BCUT2D eigenvalue weighted by Gasteiger charge is -2.10. The number of aromatic hydroxyl groups is 1. The van der Waals surface area contributed by atoms with Gasteiger partial charge in [-0.3, -0.25) is 4.79 Å². The number of carbonyl (C=O) groups excluding carboxylic acids is 1. The normalized spacial score (nSPS) is 10.4. The summed E-state index contributed by atoms with van der Waals surface area (Å²) in [6.45, 7) is 7.67. The van der Waals surface area contributed by atoms with Crippen molar-refractivity contribution in [2.45, 2.75) is 0 Å². The molecule has 1 N–H and O–H groups in total. The minimum atomic E-state index is -0.573. The number of hydrogen-bond donors (Lipinski definition) is 1. The summed E-state index contributed by atoms with van der Waals surface area (Å²) in [6.07, 6.45) is 6.32. The van der Waals surface area contributed by atoms with Crippen LogP contribution in [0.2, 0.25) is 0 Å². The molecular weight excluding hydrogens is 296 g/mol. The van der Waals surface area contributed by atoms with Crippen LogP contribution in [-0.4, -0.2) is 11.6 Å². The van der Waals surface area contributed by atoms with Gasteiger partial charge in [0.1, 0.15) is 17.8 Å². The lowest BCUT2D eigenvalue weighted by molar-refractivity contribution is -0.120. The minimum absolute atomic E-state index is 0.0758. The van der Waals surface area contributed by atoms with E-state index in [9.17, 15) is 14.7 Å². The third-order valence-electron chi connectivity index (χ3n) is 3.05. The summed E-state index contributed by atoms with van der Waals surface area (Å²) in [5.41, 5.74) is 1.00. The predicted molar refractivity (Wildman–Crippen MR) is 87.1 cm³/mol. The van der Waals surface area contributed by atoms with Gasteiger partial charge in [-0.1, -0.05) is 31.4 Å². The van der Waals surface area contributed by atoms with Crippen LogP contribution in [0.5, 0.6) is 11.5 Å². The number of phenols is 1. The summed E-state index contributed by atoms with van der Waals surface area (Å²) in [5.74, 6) is 0.0181. The smallest absolute Gasteiger partial charge is 0.343 e. The Kier molecular flexibility index (Phi) is 4.94. The fourth-order valence-corrected chi connectivity index (χ4v) is 1.98. The molecular formula is C18H14O5. The largest absolute Gasteiger partial charge is 0.508 e. The molecule has 0 amide bonds. The number of phenolic OH excluding ortho intramolecular Hbond substituents is 1. The molecule has 0 aliphatic rings. The Balaban J connectivity index is 2.52. The number of rotatable bonds is 6. The van der Waals surface area contributed by atoms with Crippen LogP contribution in [0.25, 0.3) is 11.6 Å². The van der Waals surface area contributed by atoms with Crippen molar-refractivity contribution in [1.82, 2.24) is 0 Å². The van der Waals surface area contributed by atoms with Crippen LogP contribution in [0.3, 0.4) is 0 Å². The Morgan fingerprint density at radius 3 is 2.74 bits per heavy atom. The average molecular weight is 310 g/mol. The fourth-order valence-electron chi connectivity index (χ4n) is 1.98. The SMILES string of the molecule is C=C/C=C\c1coc(=O)c(C(=C)c2ccc(O)cc2OC=O)c1. The maximum atomic E-state index is 12.0. The van der Waals surface area contributed by atoms with Crippen LogP contribution >= 0.6 is 0 Å². The van der Waals surface area contributed by atoms with E-state index in [4.69, 9.17) is 9.15 Å². The van der Waals surface area contributed by atoms with Gasteiger partial charge in [0.05, 0.1) is 5.56 Å². The molecule has 116 valence electrons. The summed E-state index contributed by atoms with van der Waals surface area (Å²) in [5, 5.41) is 9.49. The van der Waals surface area contributed by atoms with Crippen LogP contribution in [0.15, 0.2) is 65.1 Å². The number of allylic oxidation sites excluding steroid dienone is 2. The maximum absolute atomic E-state index is 12.0. The van der Waals surface area contributed by atoms with E-state index in [0.717, 1.165) is 0 Å². The van der Waals surface area contributed by atoms with Gasteiger partial charge in [0.25, 0.3) is 6.47 Å². The Morgan fingerprint density at radius 2 is 2.04 bits per heavy atom. The monoisotopic (exact) mass is 310 g/mol. The zero-order valence-electron chi connectivity index (χ0n) is 12.2. The Labute approximate surface area is 132 Å². The Morgan fingerprint density at radius 1 is 1.26 bits per heavy atom. The van der Waals surface area contributed by atoms with Gasteiger partial charge < -0.3 is 14.3 Å². The molecule has 0 aliphatic carbocycles. The van der Waals surface area contributed by atoms with Gasteiger partial charge in [-0.2, -0.15) is 0 Å². The van der Waals surface area contributed by atoms with Crippen molar-refractivity contribution in [3.8, 4) is 11.5 Å². The van der Waals surface area contributed by atoms with Crippen LogP contribution in [0.1, 0.15) is 16.7 Å². The second-order valence-corrected chi connectivity index (χ2v) is 4.55. The van der Waals surface area contributed by atoms with Gasteiger partial charge in [-0.15, -0.1) is 0 Å². The van der Waals surface area contributed by atoms with Crippen molar-refractivity contribution in [3.63, 3.8) is 0 Å².